The van der Waals surface area contributed by atoms with Crippen LogP contribution in [0.1, 0.15) is 30.6 Å². The van der Waals surface area contributed by atoms with Gasteiger partial charge in [0, 0.05) is 37.3 Å². The lowest BCUT2D eigenvalue weighted by Gasteiger charge is -2.22. The minimum atomic E-state index is -3.60. The van der Waals surface area contributed by atoms with E-state index in [1.54, 1.807) is 30.9 Å². The van der Waals surface area contributed by atoms with Gasteiger partial charge >= 0.3 is 0 Å². The highest BCUT2D eigenvalue weighted by Crippen LogP contribution is 2.39. The first kappa shape index (κ1) is 29.1. The van der Waals surface area contributed by atoms with Gasteiger partial charge in [-0.2, -0.15) is 4.31 Å². The van der Waals surface area contributed by atoms with Gasteiger partial charge in [0.2, 0.25) is 10.0 Å². The highest BCUT2D eigenvalue weighted by molar-refractivity contribution is 7.89. The van der Waals surface area contributed by atoms with Gasteiger partial charge < -0.3 is 14.4 Å². The number of aromatic nitrogens is 1. The Morgan fingerprint density at radius 1 is 1.00 bits per heavy atom. The predicted molar refractivity (Wildman–Crippen MR) is 149 cm³/mol. The Morgan fingerprint density at radius 2 is 1.62 bits per heavy atom. The fourth-order valence-corrected chi connectivity index (χ4v) is 6.49. The van der Waals surface area contributed by atoms with Gasteiger partial charge in [-0.3, -0.25) is 9.69 Å². The van der Waals surface area contributed by atoms with Crippen LogP contribution in [0.2, 0.25) is 0 Å². The normalized spacial score (nSPS) is 13.1. The quantitative estimate of drug-likeness (QED) is 0.363. The molecule has 1 aliphatic rings. The Bertz CT molecular complexity index is 1280. The van der Waals surface area contributed by atoms with E-state index in [0.717, 1.165) is 23.2 Å². The molecule has 9 nitrogen and oxygen atoms in total. The Hall–Kier alpha value is -2.44. The number of amides is 1. The van der Waals surface area contributed by atoms with Gasteiger partial charge in [0.1, 0.15) is 13.2 Å². The largest absolute Gasteiger partial charge is 0.486 e. The molecule has 2 aromatic carbocycles. The second-order valence-electron chi connectivity index (χ2n) is 8.69. The Balaban J connectivity index is 0.00000380. The maximum atomic E-state index is 13.6. The molecule has 202 valence electrons. The topological polar surface area (TPSA) is 92.3 Å². The number of ether oxygens (including phenoxy) is 2. The number of halogens is 1. The van der Waals surface area contributed by atoms with E-state index in [1.807, 2.05) is 26.2 Å². The van der Waals surface area contributed by atoms with Crippen LogP contribution in [-0.2, 0) is 10.0 Å². The van der Waals surface area contributed by atoms with Gasteiger partial charge in [0.25, 0.3) is 5.91 Å². The molecule has 12 heteroatoms. The minimum absolute atomic E-state index is 0. The fourth-order valence-electron chi connectivity index (χ4n) is 4.04. The number of anilines is 1. The average Bonchev–Trinajstić information content (AvgIpc) is 3.27. The zero-order valence-corrected chi connectivity index (χ0v) is 23.9. The molecular weight excluding hydrogens is 536 g/mol. The van der Waals surface area contributed by atoms with Crippen LogP contribution < -0.4 is 14.4 Å². The maximum Gasteiger partial charge on any atom is 0.260 e. The third-order valence-corrected chi connectivity index (χ3v) is 9.05. The van der Waals surface area contributed by atoms with Crippen LogP contribution in [0.4, 0.5) is 5.13 Å². The number of hydrogen-bond donors (Lipinski definition) is 0. The van der Waals surface area contributed by atoms with Crippen LogP contribution in [0.15, 0.2) is 41.3 Å². The number of rotatable bonds is 10. The Kier molecular flexibility index (Phi) is 9.76. The number of nitrogens with zero attached hydrogens (tertiary/aromatic N) is 4. The van der Waals surface area contributed by atoms with E-state index >= 15 is 0 Å². The van der Waals surface area contributed by atoms with Crippen LogP contribution in [0, 0.1) is 0 Å². The van der Waals surface area contributed by atoms with E-state index in [4.69, 9.17) is 14.5 Å². The lowest BCUT2D eigenvalue weighted by atomic mass is 10.2. The number of thiazole rings is 1. The second-order valence-corrected chi connectivity index (χ2v) is 11.6. The van der Waals surface area contributed by atoms with E-state index in [-0.39, 0.29) is 23.2 Å². The van der Waals surface area contributed by atoms with Gasteiger partial charge in [-0.15, -0.1) is 12.4 Å². The van der Waals surface area contributed by atoms with Crippen molar-refractivity contribution in [2.45, 2.75) is 25.2 Å². The smallest absolute Gasteiger partial charge is 0.260 e. The van der Waals surface area contributed by atoms with E-state index in [9.17, 15) is 13.2 Å². The summed E-state index contributed by atoms with van der Waals surface area (Å²) in [6.45, 7) is 6.65. The molecule has 0 bridgehead atoms. The zero-order valence-electron chi connectivity index (χ0n) is 21.5. The molecule has 37 heavy (non-hydrogen) atoms. The van der Waals surface area contributed by atoms with Gasteiger partial charge in [-0.25, -0.2) is 13.4 Å². The molecule has 4 rings (SSSR count). The van der Waals surface area contributed by atoms with Crippen LogP contribution in [0.5, 0.6) is 11.5 Å². The molecule has 0 N–H and O–H groups in total. The van der Waals surface area contributed by atoms with E-state index in [1.165, 1.54) is 27.8 Å². The molecule has 1 amide bonds. The summed E-state index contributed by atoms with van der Waals surface area (Å²) in [4.78, 5) is 22.3. The molecular formula is C25H33ClN4O5S2. The molecule has 0 aliphatic carbocycles. The summed E-state index contributed by atoms with van der Waals surface area (Å²) < 4.78 is 39.4. The molecule has 0 spiro atoms. The molecule has 1 aliphatic heterocycles. The molecule has 0 saturated heterocycles. The summed E-state index contributed by atoms with van der Waals surface area (Å²) in [5.41, 5.74) is 1.15. The van der Waals surface area contributed by atoms with Crippen LogP contribution in [0.3, 0.4) is 0 Å². The van der Waals surface area contributed by atoms with Gasteiger partial charge in [-0.1, -0.05) is 25.2 Å². The third kappa shape index (κ3) is 6.35. The average molecular weight is 569 g/mol. The van der Waals surface area contributed by atoms with Crippen molar-refractivity contribution in [3.63, 3.8) is 0 Å². The predicted octanol–water partition coefficient (Wildman–Crippen LogP) is 4.12. The molecule has 0 saturated carbocycles. The van der Waals surface area contributed by atoms with E-state index in [2.05, 4.69) is 4.90 Å². The first-order chi connectivity index (χ1) is 17.2. The van der Waals surface area contributed by atoms with Crippen LogP contribution >= 0.6 is 23.7 Å². The summed E-state index contributed by atoms with van der Waals surface area (Å²) in [6.07, 6.45) is 0.756. The standard InChI is InChI=1S/C25H32N4O5S2.ClH/c1-5-28(6-2)36(31,32)19-10-8-18(9-11-19)24(30)29(13-7-12-27(3)4)25-26-20-16-21-22(17-23(20)35-25)34-15-14-33-21;/h8-11,16-17H,5-7,12-15H2,1-4H3;1H. The number of sulfonamides is 1. The first-order valence-electron chi connectivity index (χ1n) is 12.0. The molecule has 2 heterocycles. The number of carbonyl (C=O) groups is 1. The van der Waals surface area contributed by atoms with Crippen molar-refractivity contribution in [2.24, 2.45) is 0 Å². The van der Waals surface area contributed by atoms with Crippen molar-refractivity contribution < 1.29 is 22.7 Å². The number of benzene rings is 2. The fraction of sp³-hybridized carbons (Fsp3) is 0.440. The Morgan fingerprint density at radius 3 is 2.22 bits per heavy atom. The summed E-state index contributed by atoms with van der Waals surface area (Å²) >= 11 is 1.42. The third-order valence-electron chi connectivity index (χ3n) is 5.95. The molecule has 0 fully saturated rings. The molecule has 1 aromatic heterocycles. The minimum Gasteiger partial charge on any atom is -0.486 e. The van der Waals surface area contributed by atoms with Crippen LogP contribution in [0.25, 0.3) is 10.2 Å². The van der Waals surface area contributed by atoms with Crippen LogP contribution in [-0.4, -0.2) is 82.0 Å². The molecule has 0 unspecified atom stereocenters. The van der Waals surface area contributed by atoms with Crippen molar-refractivity contribution in [3.8, 4) is 11.5 Å². The Labute approximate surface area is 228 Å². The van der Waals surface area contributed by atoms with Gasteiger partial charge in [0.05, 0.1) is 15.1 Å². The highest BCUT2D eigenvalue weighted by Gasteiger charge is 2.25. The van der Waals surface area contributed by atoms with Crippen molar-refractivity contribution in [3.05, 3.63) is 42.0 Å². The van der Waals surface area contributed by atoms with Crippen molar-refractivity contribution in [1.82, 2.24) is 14.2 Å². The monoisotopic (exact) mass is 568 g/mol. The molecule has 3 aromatic rings. The summed E-state index contributed by atoms with van der Waals surface area (Å²) in [5, 5.41) is 0.580. The number of fused-ring (bicyclic) bond motifs is 2. The summed E-state index contributed by atoms with van der Waals surface area (Å²) in [7, 11) is 0.383. The van der Waals surface area contributed by atoms with Gasteiger partial charge in [-0.05, 0) is 51.3 Å². The first-order valence-corrected chi connectivity index (χ1v) is 14.3. The lowest BCUT2D eigenvalue weighted by Crippen LogP contribution is -2.33. The van der Waals surface area contributed by atoms with E-state index < -0.39 is 10.0 Å². The second kappa shape index (κ2) is 12.4. The maximum absolute atomic E-state index is 13.6. The number of carbonyl (C=O) groups excluding carboxylic acids is 1. The van der Waals surface area contributed by atoms with E-state index in [0.29, 0.717) is 55.0 Å². The molecule has 0 radical (unpaired) electrons. The van der Waals surface area contributed by atoms with Gasteiger partial charge in [0.15, 0.2) is 16.6 Å². The summed E-state index contributed by atoms with van der Waals surface area (Å²) in [5.74, 6) is 1.11. The van der Waals surface area contributed by atoms with Crippen molar-refractivity contribution in [2.75, 3.05) is 58.4 Å². The summed E-state index contributed by atoms with van der Waals surface area (Å²) in [6, 6.07) is 9.90. The molecule has 0 atom stereocenters. The number of hydrogen-bond acceptors (Lipinski definition) is 8. The highest BCUT2D eigenvalue weighted by atomic mass is 35.5. The van der Waals surface area contributed by atoms with Crippen molar-refractivity contribution in [1.29, 1.82) is 0 Å². The SMILES string of the molecule is CCN(CC)S(=O)(=O)c1ccc(C(=O)N(CCCN(C)C)c2nc3cc4c(cc3s2)OCCO4)cc1.Cl. The zero-order chi connectivity index (χ0) is 25.9. The van der Waals surface area contributed by atoms with Crippen molar-refractivity contribution >= 4 is 55.0 Å². The lowest BCUT2D eigenvalue weighted by molar-refractivity contribution is 0.0986.